The third-order valence-electron chi connectivity index (χ3n) is 3.39. The summed E-state index contributed by atoms with van der Waals surface area (Å²) in [6.45, 7) is -0.0220. The van der Waals surface area contributed by atoms with Crippen LogP contribution in [0.4, 0.5) is 5.69 Å². The molecule has 0 saturated heterocycles. The van der Waals surface area contributed by atoms with Crippen LogP contribution in [0.1, 0.15) is 17.0 Å². The lowest BCUT2D eigenvalue weighted by molar-refractivity contribution is -0.117. The Labute approximate surface area is 122 Å². The van der Waals surface area contributed by atoms with Crippen LogP contribution in [-0.4, -0.2) is 16.8 Å². The van der Waals surface area contributed by atoms with Crippen molar-refractivity contribution in [3.8, 4) is 0 Å². The third kappa shape index (κ3) is 2.57. The summed E-state index contributed by atoms with van der Waals surface area (Å²) in [5.41, 5.74) is 2.63. The summed E-state index contributed by atoms with van der Waals surface area (Å²) in [6, 6.07) is 15.3. The predicted molar refractivity (Wildman–Crippen MR) is 80.9 cm³/mol. The van der Waals surface area contributed by atoms with Crippen LogP contribution in [0.25, 0.3) is 0 Å². The second-order valence-electron chi connectivity index (χ2n) is 4.75. The van der Waals surface area contributed by atoms with Crippen molar-refractivity contribution in [2.75, 3.05) is 11.1 Å². The molecule has 0 spiro atoms. The number of carbonyl (C=O) groups is 1. The van der Waals surface area contributed by atoms with Gasteiger partial charge in [-0.25, -0.2) is 0 Å². The summed E-state index contributed by atoms with van der Waals surface area (Å²) in [4.78, 5) is 13.6. The van der Waals surface area contributed by atoms with E-state index in [9.17, 15) is 4.79 Å². The summed E-state index contributed by atoms with van der Waals surface area (Å²) < 4.78 is 0. The minimum Gasteiger partial charge on any atom is -0.392 e. The van der Waals surface area contributed by atoms with E-state index in [0.717, 1.165) is 22.6 Å². The van der Waals surface area contributed by atoms with Gasteiger partial charge in [-0.3, -0.25) is 4.79 Å². The van der Waals surface area contributed by atoms with E-state index < -0.39 is 0 Å². The molecule has 0 saturated carbocycles. The number of aliphatic hydroxyl groups is 1. The average molecular weight is 285 g/mol. The van der Waals surface area contributed by atoms with Crippen molar-refractivity contribution < 1.29 is 9.90 Å². The zero-order valence-corrected chi connectivity index (χ0v) is 11.7. The molecule has 0 aromatic heterocycles. The van der Waals surface area contributed by atoms with Crippen LogP contribution in [0.2, 0.25) is 0 Å². The minimum atomic E-state index is -0.103. The molecule has 1 heterocycles. The SMILES string of the molecule is O=C(Nc1cccc(CO)c1)C1CSc2ccccc21. The van der Waals surface area contributed by atoms with Crippen LogP contribution in [0.15, 0.2) is 53.4 Å². The quantitative estimate of drug-likeness (QED) is 0.911. The maximum absolute atomic E-state index is 12.4. The van der Waals surface area contributed by atoms with Gasteiger partial charge < -0.3 is 10.4 Å². The first-order valence-corrected chi connectivity index (χ1v) is 7.49. The highest BCUT2D eigenvalue weighted by Gasteiger charge is 2.28. The monoisotopic (exact) mass is 285 g/mol. The number of benzene rings is 2. The molecule has 0 bridgehead atoms. The molecular formula is C16H15NO2S. The van der Waals surface area contributed by atoms with Crippen LogP contribution in [0, 0.1) is 0 Å². The van der Waals surface area contributed by atoms with Gasteiger partial charge in [-0.2, -0.15) is 0 Å². The van der Waals surface area contributed by atoms with E-state index in [2.05, 4.69) is 11.4 Å². The van der Waals surface area contributed by atoms with Gasteiger partial charge in [0.15, 0.2) is 0 Å². The van der Waals surface area contributed by atoms with Gasteiger partial charge in [0.05, 0.1) is 12.5 Å². The maximum atomic E-state index is 12.4. The highest BCUT2D eigenvalue weighted by molar-refractivity contribution is 7.99. The number of fused-ring (bicyclic) bond motifs is 1. The first-order valence-electron chi connectivity index (χ1n) is 6.50. The van der Waals surface area contributed by atoms with E-state index in [1.807, 2.05) is 36.4 Å². The fourth-order valence-corrected chi connectivity index (χ4v) is 3.59. The molecule has 2 N–H and O–H groups in total. The number of hydrogen-bond donors (Lipinski definition) is 2. The molecule has 0 fully saturated rings. The van der Waals surface area contributed by atoms with Crippen LogP contribution in [-0.2, 0) is 11.4 Å². The smallest absolute Gasteiger partial charge is 0.232 e. The Bertz CT molecular complexity index is 642. The van der Waals surface area contributed by atoms with Gasteiger partial charge in [0.2, 0.25) is 5.91 Å². The molecular weight excluding hydrogens is 270 g/mol. The molecule has 2 aromatic carbocycles. The molecule has 1 aliphatic rings. The topological polar surface area (TPSA) is 49.3 Å². The first kappa shape index (κ1) is 13.2. The molecule has 1 aliphatic heterocycles. The second kappa shape index (κ2) is 5.69. The molecule has 3 nitrogen and oxygen atoms in total. The molecule has 1 unspecified atom stereocenters. The number of carbonyl (C=O) groups excluding carboxylic acids is 1. The second-order valence-corrected chi connectivity index (χ2v) is 5.81. The summed E-state index contributed by atoms with van der Waals surface area (Å²) in [5.74, 6) is 0.691. The molecule has 0 radical (unpaired) electrons. The van der Waals surface area contributed by atoms with Gasteiger partial charge in [-0.15, -0.1) is 11.8 Å². The molecule has 3 rings (SSSR count). The van der Waals surface area contributed by atoms with Gasteiger partial charge in [-0.05, 0) is 29.3 Å². The van der Waals surface area contributed by atoms with E-state index in [0.29, 0.717) is 0 Å². The van der Waals surface area contributed by atoms with Crippen molar-refractivity contribution in [3.63, 3.8) is 0 Å². The van der Waals surface area contributed by atoms with E-state index in [1.54, 1.807) is 17.8 Å². The number of aliphatic hydroxyl groups excluding tert-OH is 1. The van der Waals surface area contributed by atoms with Crippen molar-refractivity contribution in [2.24, 2.45) is 0 Å². The highest BCUT2D eigenvalue weighted by Crippen LogP contribution is 2.39. The standard InChI is InChI=1S/C16H15NO2S/c18-9-11-4-3-5-12(8-11)17-16(19)14-10-20-15-7-2-1-6-13(14)15/h1-8,14,18H,9-10H2,(H,17,19). The zero-order valence-electron chi connectivity index (χ0n) is 10.9. The Morgan fingerprint density at radius 3 is 2.95 bits per heavy atom. The Balaban J connectivity index is 1.77. The van der Waals surface area contributed by atoms with Crippen molar-refractivity contribution in [1.29, 1.82) is 0 Å². The molecule has 1 amide bonds. The van der Waals surface area contributed by atoms with E-state index >= 15 is 0 Å². The lowest BCUT2D eigenvalue weighted by atomic mass is 10.0. The predicted octanol–water partition coefficient (Wildman–Crippen LogP) is 3.01. The van der Waals surface area contributed by atoms with Crippen LogP contribution >= 0.6 is 11.8 Å². The van der Waals surface area contributed by atoms with E-state index in [1.165, 1.54) is 4.90 Å². The summed E-state index contributed by atoms with van der Waals surface area (Å²) in [7, 11) is 0. The number of hydrogen-bond acceptors (Lipinski definition) is 3. The third-order valence-corrected chi connectivity index (χ3v) is 4.58. The van der Waals surface area contributed by atoms with Gasteiger partial charge in [0.1, 0.15) is 0 Å². The fraction of sp³-hybridized carbons (Fsp3) is 0.188. The molecule has 0 aliphatic carbocycles. The lowest BCUT2D eigenvalue weighted by Crippen LogP contribution is -2.21. The van der Waals surface area contributed by atoms with Gasteiger partial charge >= 0.3 is 0 Å². The Morgan fingerprint density at radius 2 is 2.10 bits per heavy atom. The fourth-order valence-electron chi connectivity index (χ4n) is 2.36. The van der Waals surface area contributed by atoms with Gasteiger partial charge in [0.25, 0.3) is 0 Å². The zero-order chi connectivity index (χ0) is 13.9. The van der Waals surface area contributed by atoms with Crippen LogP contribution in [0.5, 0.6) is 0 Å². The summed E-state index contributed by atoms with van der Waals surface area (Å²) in [6.07, 6.45) is 0. The number of nitrogens with one attached hydrogen (secondary N) is 1. The van der Waals surface area contributed by atoms with Crippen LogP contribution in [0.3, 0.4) is 0 Å². The van der Waals surface area contributed by atoms with E-state index in [-0.39, 0.29) is 18.4 Å². The number of amides is 1. The Kier molecular flexibility index (Phi) is 3.76. The molecule has 1 atom stereocenters. The van der Waals surface area contributed by atoms with Crippen LogP contribution < -0.4 is 5.32 Å². The van der Waals surface area contributed by atoms with Crippen molar-refractivity contribution >= 4 is 23.4 Å². The Morgan fingerprint density at radius 1 is 1.25 bits per heavy atom. The van der Waals surface area contributed by atoms with Gasteiger partial charge in [-0.1, -0.05) is 30.3 Å². The van der Waals surface area contributed by atoms with E-state index in [4.69, 9.17) is 5.11 Å². The first-order chi connectivity index (χ1) is 9.78. The number of thioether (sulfide) groups is 1. The number of rotatable bonds is 3. The normalized spacial score (nSPS) is 16.8. The van der Waals surface area contributed by atoms with Crippen molar-refractivity contribution in [1.82, 2.24) is 0 Å². The maximum Gasteiger partial charge on any atom is 0.232 e. The highest BCUT2D eigenvalue weighted by atomic mass is 32.2. The summed E-state index contributed by atoms with van der Waals surface area (Å²) in [5, 5.41) is 12.1. The Hall–Kier alpha value is -1.78. The lowest BCUT2D eigenvalue weighted by Gasteiger charge is -2.12. The van der Waals surface area contributed by atoms with Crippen molar-refractivity contribution in [2.45, 2.75) is 17.4 Å². The minimum absolute atomic E-state index is 0.0116. The summed E-state index contributed by atoms with van der Waals surface area (Å²) >= 11 is 1.72. The largest absolute Gasteiger partial charge is 0.392 e. The average Bonchev–Trinajstić information content (AvgIpc) is 2.91. The van der Waals surface area contributed by atoms with Crippen molar-refractivity contribution in [3.05, 3.63) is 59.7 Å². The molecule has 2 aromatic rings. The van der Waals surface area contributed by atoms with Gasteiger partial charge in [0, 0.05) is 16.3 Å². The number of anilines is 1. The molecule has 20 heavy (non-hydrogen) atoms. The molecule has 4 heteroatoms. The molecule has 102 valence electrons.